The molecule has 0 radical (unpaired) electrons. The molecule has 1 atom stereocenters. The second kappa shape index (κ2) is 5.82. The van der Waals surface area contributed by atoms with Gasteiger partial charge in [-0.15, -0.1) is 11.3 Å². The first kappa shape index (κ1) is 13.5. The van der Waals surface area contributed by atoms with Gasteiger partial charge in [-0.25, -0.2) is 4.39 Å². The zero-order valence-electron chi connectivity index (χ0n) is 9.69. The van der Waals surface area contributed by atoms with Gasteiger partial charge in [0.25, 0.3) is 0 Å². The lowest BCUT2D eigenvalue weighted by Crippen LogP contribution is -1.99. The average Bonchev–Trinajstić information content (AvgIpc) is 2.82. The summed E-state index contributed by atoms with van der Waals surface area (Å²) in [7, 11) is 1.59. The zero-order chi connectivity index (χ0) is 13.1. The van der Waals surface area contributed by atoms with Crippen molar-refractivity contribution in [2.24, 2.45) is 0 Å². The monoisotopic (exact) mass is 330 g/mol. The number of aliphatic hydroxyl groups is 1. The molecule has 1 unspecified atom stereocenters. The fourth-order valence-electron chi connectivity index (χ4n) is 1.61. The Morgan fingerprint density at radius 2 is 2.22 bits per heavy atom. The highest BCUT2D eigenvalue weighted by molar-refractivity contribution is 9.10. The molecular formula is C13H12BrFO2S. The van der Waals surface area contributed by atoms with Gasteiger partial charge in [0.15, 0.2) is 0 Å². The van der Waals surface area contributed by atoms with E-state index in [0.717, 1.165) is 16.2 Å². The molecule has 0 saturated heterocycles. The number of rotatable bonds is 4. The quantitative estimate of drug-likeness (QED) is 0.920. The van der Waals surface area contributed by atoms with Crippen LogP contribution in [-0.2, 0) is 6.42 Å². The van der Waals surface area contributed by atoms with Crippen LogP contribution in [0.1, 0.15) is 16.5 Å². The Balaban J connectivity index is 2.10. The van der Waals surface area contributed by atoms with E-state index in [0.29, 0.717) is 10.9 Å². The molecule has 2 nitrogen and oxygen atoms in total. The van der Waals surface area contributed by atoms with Gasteiger partial charge >= 0.3 is 0 Å². The molecule has 2 rings (SSSR count). The fraction of sp³-hybridized carbons (Fsp3) is 0.231. The second-order valence-electron chi connectivity index (χ2n) is 3.86. The maximum atomic E-state index is 13.1. The van der Waals surface area contributed by atoms with E-state index in [1.165, 1.54) is 17.4 Å². The van der Waals surface area contributed by atoms with Crippen molar-refractivity contribution in [2.45, 2.75) is 12.5 Å². The van der Waals surface area contributed by atoms with Crippen molar-refractivity contribution in [3.63, 3.8) is 0 Å². The number of hydrogen-bond acceptors (Lipinski definition) is 3. The van der Waals surface area contributed by atoms with Crippen molar-refractivity contribution in [3.8, 4) is 5.75 Å². The van der Waals surface area contributed by atoms with Crippen molar-refractivity contribution in [1.82, 2.24) is 0 Å². The third-order valence-corrected chi connectivity index (χ3v) is 4.19. The lowest BCUT2D eigenvalue weighted by atomic mass is 10.1. The van der Waals surface area contributed by atoms with Gasteiger partial charge in [-0.05, 0) is 39.7 Å². The molecule has 2 aromatic rings. The first-order valence-electron chi connectivity index (χ1n) is 5.34. The Bertz CT molecular complexity index is 542. The van der Waals surface area contributed by atoms with E-state index in [9.17, 15) is 9.50 Å². The molecule has 0 bridgehead atoms. The molecular weight excluding hydrogens is 319 g/mol. The maximum Gasteiger partial charge on any atom is 0.137 e. The molecule has 0 aliphatic carbocycles. The van der Waals surface area contributed by atoms with Crippen LogP contribution in [0.15, 0.2) is 34.1 Å². The summed E-state index contributed by atoms with van der Waals surface area (Å²) in [6.07, 6.45) is -0.154. The van der Waals surface area contributed by atoms with E-state index in [1.807, 2.05) is 11.4 Å². The normalized spacial score (nSPS) is 12.4. The molecule has 18 heavy (non-hydrogen) atoms. The lowest BCUT2D eigenvalue weighted by molar-refractivity contribution is 0.182. The molecule has 1 aromatic heterocycles. The fourth-order valence-corrected chi connectivity index (χ4v) is 2.87. The van der Waals surface area contributed by atoms with Crippen molar-refractivity contribution in [3.05, 3.63) is 50.4 Å². The van der Waals surface area contributed by atoms with Gasteiger partial charge in [0.2, 0.25) is 0 Å². The molecule has 1 N–H and O–H groups in total. The molecule has 1 aromatic carbocycles. The Kier molecular flexibility index (Phi) is 4.37. The Morgan fingerprint density at radius 3 is 2.83 bits per heavy atom. The Hall–Kier alpha value is -0.910. The van der Waals surface area contributed by atoms with Crippen molar-refractivity contribution in [1.29, 1.82) is 0 Å². The highest BCUT2D eigenvalue weighted by atomic mass is 79.9. The van der Waals surface area contributed by atoms with E-state index in [1.54, 1.807) is 19.2 Å². The van der Waals surface area contributed by atoms with Crippen molar-refractivity contribution >= 4 is 27.3 Å². The van der Waals surface area contributed by atoms with Gasteiger partial charge in [-0.1, -0.05) is 6.07 Å². The van der Waals surface area contributed by atoms with Gasteiger partial charge < -0.3 is 9.84 Å². The van der Waals surface area contributed by atoms with E-state index in [-0.39, 0.29) is 5.82 Å². The van der Waals surface area contributed by atoms with Gasteiger partial charge in [0, 0.05) is 16.7 Å². The minimum Gasteiger partial charge on any atom is -0.496 e. The number of halogens is 2. The molecule has 5 heteroatoms. The zero-order valence-corrected chi connectivity index (χ0v) is 12.1. The first-order chi connectivity index (χ1) is 8.60. The number of aliphatic hydroxyl groups excluding tert-OH is 1. The SMILES string of the molecule is COc1csc(C(O)Cc2ccc(F)c(Br)c2)c1. The van der Waals surface area contributed by atoms with Crippen LogP contribution < -0.4 is 4.74 Å². The van der Waals surface area contributed by atoms with E-state index >= 15 is 0 Å². The minimum absolute atomic E-state index is 0.300. The standard InChI is InChI=1S/C13H12BrFO2S/c1-17-9-6-13(18-7-9)12(16)5-8-2-3-11(15)10(14)4-8/h2-4,6-7,12,16H,5H2,1H3. The van der Waals surface area contributed by atoms with Crippen LogP contribution in [0.5, 0.6) is 5.75 Å². The number of ether oxygens (including phenoxy) is 1. The summed E-state index contributed by atoms with van der Waals surface area (Å²) in [5.41, 5.74) is 0.878. The van der Waals surface area contributed by atoms with Crippen LogP contribution in [0.25, 0.3) is 0 Å². The molecule has 0 saturated carbocycles. The van der Waals surface area contributed by atoms with Crippen LogP contribution in [0.3, 0.4) is 0 Å². The summed E-state index contributed by atoms with van der Waals surface area (Å²) in [4.78, 5) is 0.840. The maximum absolute atomic E-state index is 13.1. The summed E-state index contributed by atoms with van der Waals surface area (Å²) in [6.45, 7) is 0. The predicted octanol–water partition coefficient (Wildman–Crippen LogP) is 3.93. The summed E-state index contributed by atoms with van der Waals surface area (Å²) in [6, 6.07) is 6.56. The number of methoxy groups -OCH3 is 1. The van der Waals surface area contributed by atoms with Gasteiger partial charge in [-0.3, -0.25) is 0 Å². The van der Waals surface area contributed by atoms with Crippen LogP contribution in [0.2, 0.25) is 0 Å². The van der Waals surface area contributed by atoms with Gasteiger partial charge in [0.1, 0.15) is 11.6 Å². The summed E-state index contributed by atoms with van der Waals surface area (Å²) < 4.78 is 18.6. The summed E-state index contributed by atoms with van der Waals surface area (Å²) >= 11 is 4.58. The van der Waals surface area contributed by atoms with Gasteiger partial charge in [-0.2, -0.15) is 0 Å². The number of hydrogen-bond donors (Lipinski definition) is 1. The predicted molar refractivity (Wildman–Crippen MR) is 73.6 cm³/mol. The van der Waals surface area contributed by atoms with Crippen molar-refractivity contribution in [2.75, 3.05) is 7.11 Å². The molecule has 0 fully saturated rings. The van der Waals surface area contributed by atoms with E-state index in [4.69, 9.17) is 4.74 Å². The Morgan fingerprint density at radius 1 is 1.44 bits per heavy atom. The van der Waals surface area contributed by atoms with Crippen LogP contribution in [0.4, 0.5) is 4.39 Å². The first-order valence-corrected chi connectivity index (χ1v) is 7.02. The lowest BCUT2D eigenvalue weighted by Gasteiger charge is -2.09. The molecule has 0 aliphatic rings. The molecule has 0 aliphatic heterocycles. The van der Waals surface area contributed by atoms with Crippen LogP contribution in [0, 0.1) is 5.82 Å². The van der Waals surface area contributed by atoms with E-state index < -0.39 is 6.10 Å². The summed E-state index contributed by atoms with van der Waals surface area (Å²) in [5, 5.41) is 11.9. The number of thiophene rings is 1. The van der Waals surface area contributed by atoms with Gasteiger partial charge in [0.05, 0.1) is 17.7 Å². The van der Waals surface area contributed by atoms with Crippen LogP contribution >= 0.6 is 27.3 Å². The second-order valence-corrected chi connectivity index (χ2v) is 5.65. The van der Waals surface area contributed by atoms with Crippen molar-refractivity contribution < 1.29 is 14.2 Å². The minimum atomic E-state index is -0.601. The average molecular weight is 331 g/mol. The molecule has 0 amide bonds. The molecule has 1 heterocycles. The molecule has 0 spiro atoms. The highest BCUT2D eigenvalue weighted by Gasteiger charge is 2.12. The highest BCUT2D eigenvalue weighted by Crippen LogP contribution is 2.29. The topological polar surface area (TPSA) is 29.5 Å². The smallest absolute Gasteiger partial charge is 0.137 e. The number of benzene rings is 1. The van der Waals surface area contributed by atoms with E-state index in [2.05, 4.69) is 15.9 Å². The molecule has 96 valence electrons. The third kappa shape index (κ3) is 3.10. The Labute approximate surface area is 117 Å². The summed E-state index contributed by atoms with van der Waals surface area (Å²) in [5.74, 6) is 0.445. The third-order valence-electron chi connectivity index (χ3n) is 2.57. The largest absolute Gasteiger partial charge is 0.496 e. The van der Waals surface area contributed by atoms with Crippen LogP contribution in [-0.4, -0.2) is 12.2 Å².